The fourth-order valence-corrected chi connectivity index (χ4v) is 2.62. The van der Waals surface area contributed by atoms with Gasteiger partial charge in [0.25, 0.3) is 0 Å². The molecule has 1 aliphatic heterocycles. The Bertz CT molecular complexity index is 341. The van der Waals surface area contributed by atoms with Gasteiger partial charge in [0.05, 0.1) is 12.7 Å². The van der Waals surface area contributed by atoms with Crippen LogP contribution >= 0.6 is 0 Å². The number of unbranched alkanes of at least 4 members (excludes halogenated alkanes) is 4. The molecule has 1 rings (SSSR count). The molecular formula is C17H33NO6. The van der Waals surface area contributed by atoms with Crippen molar-refractivity contribution in [2.75, 3.05) is 19.8 Å². The van der Waals surface area contributed by atoms with Crippen molar-refractivity contribution in [2.24, 2.45) is 0 Å². The summed E-state index contributed by atoms with van der Waals surface area (Å²) in [7, 11) is 0. The number of carbonyl (C=O) groups excluding carboxylic acids is 1. The molecule has 0 aliphatic carbocycles. The maximum Gasteiger partial charge on any atom is 0.219 e. The molecule has 0 aromatic heterocycles. The van der Waals surface area contributed by atoms with Gasteiger partial charge < -0.3 is 30.1 Å². The van der Waals surface area contributed by atoms with Gasteiger partial charge in [-0.3, -0.25) is 4.79 Å². The van der Waals surface area contributed by atoms with E-state index in [1.807, 2.05) is 0 Å². The van der Waals surface area contributed by atoms with E-state index in [4.69, 9.17) is 14.6 Å². The SMILES string of the molecule is CCCCC(=O)NCCCCCCOC1CC(O)C(O)C(CO)O1. The second-order valence-corrected chi connectivity index (χ2v) is 6.32. The van der Waals surface area contributed by atoms with E-state index in [0.717, 1.165) is 45.1 Å². The molecule has 4 atom stereocenters. The third-order valence-corrected chi connectivity index (χ3v) is 4.17. The number of hydrogen-bond acceptors (Lipinski definition) is 6. The Morgan fingerprint density at radius 2 is 1.96 bits per heavy atom. The highest BCUT2D eigenvalue weighted by molar-refractivity contribution is 5.75. The Hall–Kier alpha value is -0.730. The van der Waals surface area contributed by atoms with Gasteiger partial charge in [-0.2, -0.15) is 0 Å². The molecule has 1 amide bonds. The summed E-state index contributed by atoms with van der Waals surface area (Å²) in [5.41, 5.74) is 0. The van der Waals surface area contributed by atoms with Crippen LogP contribution in [0.15, 0.2) is 0 Å². The van der Waals surface area contributed by atoms with Crippen molar-refractivity contribution in [3.8, 4) is 0 Å². The van der Waals surface area contributed by atoms with Crippen LogP contribution in [0.5, 0.6) is 0 Å². The van der Waals surface area contributed by atoms with E-state index in [9.17, 15) is 15.0 Å². The molecule has 4 N–H and O–H groups in total. The first-order valence-corrected chi connectivity index (χ1v) is 9.09. The topological polar surface area (TPSA) is 108 Å². The van der Waals surface area contributed by atoms with E-state index in [0.29, 0.717) is 13.0 Å². The molecule has 0 radical (unpaired) electrons. The van der Waals surface area contributed by atoms with Crippen molar-refractivity contribution in [3.05, 3.63) is 0 Å². The van der Waals surface area contributed by atoms with E-state index < -0.39 is 24.6 Å². The van der Waals surface area contributed by atoms with Crippen LogP contribution in [0, 0.1) is 0 Å². The smallest absolute Gasteiger partial charge is 0.219 e. The molecule has 7 nitrogen and oxygen atoms in total. The van der Waals surface area contributed by atoms with Gasteiger partial charge in [0.2, 0.25) is 5.91 Å². The van der Waals surface area contributed by atoms with Gasteiger partial charge in [-0.15, -0.1) is 0 Å². The maximum absolute atomic E-state index is 11.4. The van der Waals surface area contributed by atoms with Crippen LogP contribution in [0.4, 0.5) is 0 Å². The highest BCUT2D eigenvalue weighted by atomic mass is 16.7. The van der Waals surface area contributed by atoms with Gasteiger partial charge in [-0.1, -0.05) is 26.2 Å². The first-order chi connectivity index (χ1) is 11.6. The first kappa shape index (κ1) is 21.3. The molecular weight excluding hydrogens is 314 g/mol. The Labute approximate surface area is 144 Å². The quantitative estimate of drug-likeness (QED) is 0.387. The highest BCUT2D eigenvalue weighted by Crippen LogP contribution is 2.21. The van der Waals surface area contributed by atoms with Gasteiger partial charge in [-0.25, -0.2) is 0 Å². The van der Waals surface area contributed by atoms with Crippen LogP contribution in [0.1, 0.15) is 58.3 Å². The van der Waals surface area contributed by atoms with E-state index in [2.05, 4.69) is 12.2 Å². The normalized spacial score (nSPS) is 27.2. The van der Waals surface area contributed by atoms with Crippen LogP contribution in [0.3, 0.4) is 0 Å². The molecule has 1 fully saturated rings. The lowest BCUT2D eigenvalue weighted by Crippen LogP contribution is -2.50. The van der Waals surface area contributed by atoms with Gasteiger partial charge >= 0.3 is 0 Å². The minimum Gasteiger partial charge on any atom is -0.394 e. The number of ether oxygens (including phenoxy) is 2. The minimum absolute atomic E-state index is 0.133. The molecule has 1 aliphatic rings. The predicted octanol–water partition coefficient (Wildman–Crippen LogP) is 0.699. The summed E-state index contributed by atoms with van der Waals surface area (Å²) in [5.74, 6) is 0.133. The molecule has 24 heavy (non-hydrogen) atoms. The second kappa shape index (κ2) is 12.6. The number of hydrogen-bond donors (Lipinski definition) is 4. The van der Waals surface area contributed by atoms with Crippen molar-refractivity contribution in [1.29, 1.82) is 0 Å². The van der Waals surface area contributed by atoms with Crippen LogP contribution in [-0.4, -0.2) is 65.6 Å². The molecule has 0 aromatic carbocycles. The number of amides is 1. The van der Waals surface area contributed by atoms with Gasteiger partial charge in [0.1, 0.15) is 12.2 Å². The summed E-state index contributed by atoms with van der Waals surface area (Å²) in [5, 5.41) is 31.3. The third-order valence-electron chi connectivity index (χ3n) is 4.17. The van der Waals surface area contributed by atoms with Gasteiger partial charge in [0, 0.05) is 26.0 Å². The van der Waals surface area contributed by atoms with Gasteiger partial charge in [0.15, 0.2) is 6.29 Å². The predicted molar refractivity (Wildman–Crippen MR) is 89.3 cm³/mol. The zero-order valence-corrected chi connectivity index (χ0v) is 14.7. The zero-order chi connectivity index (χ0) is 17.8. The zero-order valence-electron chi connectivity index (χ0n) is 14.7. The Kier molecular flexibility index (Phi) is 11.2. The largest absolute Gasteiger partial charge is 0.394 e. The number of aliphatic hydroxyl groups excluding tert-OH is 3. The second-order valence-electron chi connectivity index (χ2n) is 6.32. The summed E-state index contributed by atoms with van der Waals surface area (Å²) in [6.07, 6.45) is 3.25. The van der Waals surface area contributed by atoms with E-state index in [1.54, 1.807) is 0 Å². The van der Waals surface area contributed by atoms with E-state index in [1.165, 1.54) is 0 Å². The fraction of sp³-hybridized carbons (Fsp3) is 0.941. The molecule has 7 heteroatoms. The Morgan fingerprint density at radius 3 is 2.67 bits per heavy atom. The Balaban J connectivity index is 1.98. The number of rotatable bonds is 12. The van der Waals surface area contributed by atoms with Crippen LogP contribution in [-0.2, 0) is 14.3 Å². The molecule has 142 valence electrons. The van der Waals surface area contributed by atoms with Crippen molar-refractivity contribution in [2.45, 2.75) is 82.9 Å². The lowest BCUT2D eigenvalue weighted by atomic mass is 10.0. The number of carbonyl (C=O) groups is 1. The number of nitrogens with one attached hydrogen (secondary N) is 1. The lowest BCUT2D eigenvalue weighted by molar-refractivity contribution is -0.256. The van der Waals surface area contributed by atoms with E-state index in [-0.39, 0.29) is 18.9 Å². The number of aliphatic hydroxyl groups is 3. The standard InChI is InChI=1S/C17H33NO6/c1-2-3-8-15(21)18-9-6-4-5-7-10-23-16-11-13(20)17(22)14(12-19)24-16/h13-14,16-17,19-20,22H,2-12H2,1H3,(H,18,21). The van der Waals surface area contributed by atoms with Crippen molar-refractivity contribution >= 4 is 5.91 Å². The van der Waals surface area contributed by atoms with E-state index >= 15 is 0 Å². The monoisotopic (exact) mass is 347 g/mol. The Morgan fingerprint density at radius 1 is 1.21 bits per heavy atom. The lowest BCUT2D eigenvalue weighted by Gasteiger charge is -2.36. The summed E-state index contributed by atoms with van der Waals surface area (Å²) in [6.45, 7) is 2.95. The molecule has 1 heterocycles. The van der Waals surface area contributed by atoms with Crippen molar-refractivity contribution in [1.82, 2.24) is 5.32 Å². The summed E-state index contributed by atoms with van der Waals surface area (Å²) < 4.78 is 10.9. The average Bonchev–Trinajstić information content (AvgIpc) is 2.58. The summed E-state index contributed by atoms with van der Waals surface area (Å²) in [6, 6.07) is 0. The molecule has 0 bridgehead atoms. The molecule has 4 unspecified atom stereocenters. The van der Waals surface area contributed by atoms with Gasteiger partial charge in [-0.05, 0) is 19.3 Å². The van der Waals surface area contributed by atoms with Crippen LogP contribution in [0.25, 0.3) is 0 Å². The first-order valence-electron chi connectivity index (χ1n) is 9.09. The summed E-state index contributed by atoms with van der Waals surface area (Å²) >= 11 is 0. The average molecular weight is 347 g/mol. The minimum atomic E-state index is -1.07. The fourth-order valence-electron chi connectivity index (χ4n) is 2.62. The molecule has 1 saturated heterocycles. The summed E-state index contributed by atoms with van der Waals surface area (Å²) in [4.78, 5) is 11.4. The van der Waals surface area contributed by atoms with Crippen LogP contribution < -0.4 is 5.32 Å². The van der Waals surface area contributed by atoms with Crippen molar-refractivity contribution < 1.29 is 29.6 Å². The molecule has 0 spiro atoms. The highest BCUT2D eigenvalue weighted by Gasteiger charge is 2.36. The molecule has 0 aromatic rings. The third kappa shape index (κ3) is 8.39. The van der Waals surface area contributed by atoms with Crippen LogP contribution in [0.2, 0.25) is 0 Å². The molecule has 0 saturated carbocycles. The maximum atomic E-state index is 11.4. The van der Waals surface area contributed by atoms with Crippen molar-refractivity contribution in [3.63, 3.8) is 0 Å².